The van der Waals surface area contributed by atoms with E-state index in [2.05, 4.69) is 16.5 Å². The molecule has 8 nitrogen and oxygen atoms in total. The number of H-pyrrole nitrogens is 1. The lowest BCUT2D eigenvalue weighted by Crippen LogP contribution is -2.34. The maximum atomic E-state index is 12.6. The third-order valence-electron chi connectivity index (χ3n) is 5.48. The van der Waals surface area contributed by atoms with Crippen molar-refractivity contribution in [1.29, 1.82) is 0 Å². The zero-order chi connectivity index (χ0) is 20.0. The molecule has 3 aromatic heterocycles. The first-order chi connectivity index (χ1) is 14.0. The molecule has 29 heavy (non-hydrogen) atoms. The highest BCUT2D eigenvalue weighted by atomic mass is 32.2. The summed E-state index contributed by atoms with van der Waals surface area (Å²) in [7, 11) is -3.21. The van der Waals surface area contributed by atoms with Gasteiger partial charge in [0.25, 0.3) is 0 Å². The largest absolute Gasteiger partial charge is 0.373 e. The summed E-state index contributed by atoms with van der Waals surface area (Å²) in [5.74, 6) is 1.35. The molecule has 2 aliphatic heterocycles. The lowest BCUT2D eigenvalue weighted by Gasteiger charge is -2.30. The summed E-state index contributed by atoms with van der Waals surface area (Å²) in [5.41, 5.74) is 2.89. The molecule has 2 fully saturated rings. The predicted molar refractivity (Wildman–Crippen MR) is 110 cm³/mol. The third kappa shape index (κ3) is 3.20. The molecule has 9 heteroatoms. The van der Waals surface area contributed by atoms with Gasteiger partial charge in [-0.15, -0.1) is 0 Å². The van der Waals surface area contributed by atoms with E-state index in [-0.39, 0.29) is 5.75 Å². The zero-order valence-electron chi connectivity index (χ0n) is 15.8. The Morgan fingerprint density at radius 1 is 1.28 bits per heavy atom. The second-order valence-corrected chi connectivity index (χ2v) is 9.64. The molecule has 5 heterocycles. The Morgan fingerprint density at radius 3 is 2.97 bits per heavy atom. The number of rotatable bonds is 3. The first kappa shape index (κ1) is 18.3. The number of anilines is 1. The van der Waals surface area contributed by atoms with Crippen molar-refractivity contribution in [2.24, 2.45) is 0 Å². The van der Waals surface area contributed by atoms with Crippen molar-refractivity contribution in [3.63, 3.8) is 0 Å². The molecule has 5 rings (SSSR count). The van der Waals surface area contributed by atoms with Crippen molar-refractivity contribution in [1.82, 2.24) is 19.9 Å². The lowest BCUT2D eigenvalue weighted by molar-refractivity contribution is 0.143. The number of morpholine rings is 1. The van der Waals surface area contributed by atoms with Crippen LogP contribution < -0.4 is 4.90 Å². The van der Waals surface area contributed by atoms with Crippen LogP contribution >= 0.6 is 0 Å². The number of nitrogens with zero attached hydrogens (tertiary/aromatic N) is 4. The van der Waals surface area contributed by atoms with Crippen LogP contribution in [-0.4, -0.2) is 53.9 Å². The molecule has 2 aliphatic rings. The quantitative estimate of drug-likeness (QED) is 0.707. The van der Waals surface area contributed by atoms with Crippen molar-refractivity contribution in [3.8, 4) is 11.4 Å². The first-order valence-corrected chi connectivity index (χ1v) is 11.3. The highest BCUT2D eigenvalue weighted by molar-refractivity contribution is 7.91. The van der Waals surface area contributed by atoms with Gasteiger partial charge >= 0.3 is 0 Å². The standard InChI is InChI=1S/C20H21N5O3S/c1-13-12-28-9-8-25(13)18-11-16(17-3-2-10-29(17,26)27)23-20(24-18)15-5-7-22-19-14(15)4-6-21-19/h4-7,11,17H,1-3,8-10,12H2,(H,21,22). The maximum Gasteiger partial charge on any atom is 0.162 e. The smallest absolute Gasteiger partial charge is 0.162 e. The van der Waals surface area contributed by atoms with Crippen molar-refractivity contribution in [2.75, 3.05) is 30.4 Å². The average Bonchev–Trinajstić information content (AvgIpc) is 3.33. The van der Waals surface area contributed by atoms with Crippen LogP contribution in [0.15, 0.2) is 42.9 Å². The highest BCUT2D eigenvalue weighted by Gasteiger charge is 2.35. The number of hydrogen-bond donors (Lipinski definition) is 1. The van der Waals surface area contributed by atoms with Gasteiger partial charge in [-0.25, -0.2) is 23.4 Å². The molecule has 0 bridgehead atoms. The second kappa shape index (κ2) is 6.93. The Bertz CT molecular complexity index is 1200. The molecule has 0 aromatic carbocycles. The fourth-order valence-electron chi connectivity index (χ4n) is 4.01. The molecular formula is C20H21N5O3S. The third-order valence-corrected chi connectivity index (χ3v) is 7.68. The minimum atomic E-state index is -3.21. The molecule has 150 valence electrons. The van der Waals surface area contributed by atoms with E-state index < -0.39 is 15.1 Å². The predicted octanol–water partition coefficient (Wildman–Crippen LogP) is 2.62. The minimum Gasteiger partial charge on any atom is -0.373 e. The molecule has 0 aliphatic carbocycles. The van der Waals surface area contributed by atoms with Crippen LogP contribution in [0.2, 0.25) is 0 Å². The summed E-state index contributed by atoms with van der Waals surface area (Å²) in [6.07, 6.45) is 4.75. The Morgan fingerprint density at radius 2 is 2.17 bits per heavy atom. The maximum absolute atomic E-state index is 12.6. The Kier molecular flexibility index (Phi) is 4.36. The number of hydrogen-bond acceptors (Lipinski definition) is 7. The molecule has 0 spiro atoms. The van der Waals surface area contributed by atoms with Crippen LogP contribution in [0.3, 0.4) is 0 Å². The van der Waals surface area contributed by atoms with Crippen LogP contribution in [0.5, 0.6) is 0 Å². The highest BCUT2D eigenvalue weighted by Crippen LogP contribution is 2.37. The number of aromatic nitrogens is 4. The Labute approximate surface area is 168 Å². The molecule has 0 radical (unpaired) electrons. The summed E-state index contributed by atoms with van der Waals surface area (Å²) in [6, 6.07) is 5.58. The lowest BCUT2D eigenvalue weighted by atomic mass is 10.1. The number of nitrogens with one attached hydrogen (secondary N) is 1. The van der Waals surface area contributed by atoms with E-state index in [1.807, 2.05) is 23.2 Å². The van der Waals surface area contributed by atoms with Gasteiger partial charge < -0.3 is 14.6 Å². The number of ether oxygens (including phenoxy) is 1. The molecular weight excluding hydrogens is 390 g/mol. The van der Waals surface area contributed by atoms with E-state index in [4.69, 9.17) is 14.7 Å². The van der Waals surface area contributed by atoms with Crippen LogP contribution in [0.25, 0.3) is 22.4 Å². The average molecular weight is 411 g/mol. The van der Waals surface area contributed by atoms with E-state index in [9.17, 15) is 8.42 Å². The summed E-state index contributed by atoms with van der Waals surface area (Å²) < 4.78 is 30.7. The van der Waals surface area contributed by atoms with Crippen molar-refractivity contribution >= 4 is 26.7 Å². The van der Waals surface area contributed by atoms with Crippen molar-refractivity contribution in [3.05, 3.63) is 48.6 Å². The van der Waals surface area contributed by atoms with Gasteiger partial charge in [0.2, 0.25) is 0 Å². The molecule has 0 saturated carbocycles. The first-order valence-electron chi connectivity index (χ1n) is 9.59. The van der Waals surface area contributed by atoms with Crippen LogP contribution in [-0.2, 0) is 14.6 Å². The van der Waals surface area contributed by atoms with Crippen LogP contribution in [0.1, 0.15) is 23.8 Å². The zero-order valence-corrected chi connectivity index (χ0v) is 16.7. The summed E-state index contributed by atoms with van der Waals surface area (Å²) in [5, 5.41) is 0.298. The number of aromatic amines is 1. The molecule has 2 saturated heterocycles. The fraction of sp³-hybridized carbons (Fsp3) is 0.350. The van der Waals surface area contributed by atoms with Crippen molar-refractivity contribution < 1.29 is 13.2 Å². The molecule has 1 atom stereocenters. The topological polar surface area (TPSA) is 101 Å². The van der Waals surface area contributed by atoms with E-state index in [1.54, 1.807) is 12.3 Å². The summed E-state index contributed by atoms with van der Waals surface area (Å²) in [6.45, 7) is 5.68. The second-order valence-electron chi connectivity index (χ2n) is 7.34. The van der Waals surface area contributed by atoms with Crippen LogP contribution in [0, 0.1) is 0 Å². The number of sulfone groups is 1. The van der Waals surface area contributed by atoms with E-state index in [0.29, 0.717) is 49.9 Å². The Hall–Kier alpha value is -2.78. The van der Waals surface area contributed by atoms with Gasteiger partial charge in [0.15, 0.2) is 15.7 Å². The molecule has 1 N–H and O–H groups in total. The van der Waals surface area contributed by atoms with Crippen LogP contribution in [0.4, 0.5) is 5.82 Å². The molecule has 0 amide bonds. The number of pyridine rings is 1. The van der Waals surface area contributed by atoms with Gasteiger partial charge in [-0.3, -0.25) is 0 Å². The molecule has 1 unspecified atom stereocenters. The van der Waals surface area contributed by atoms with E-state index in [0.717, 1.165) is 22.3 Å². The van der Waals surface area contributed by atoms with Gasteiger partial charge in [0, 0.05) is 41.7 Å². The normalized spacial score (nSPS) is 21.7. The van der Waals surface area contributed by atoms with Gasteiger partial charge in [-0.1, -0.05) is 6.58 Å². The molecule has 3 aromatic rings. The van der Waals surface area contributed by atoms with Gasteiger partial charge in [-0.05, 0) is 25.0 Å². The summed E-state index contributed by atoms with van der Waals surface area (Å²) >= 11 is 0. The van der Waals surface area contributed by atoms with Gasteiger partial charge in [0.1, 0.15) is 16.7 Å². The monoisotopic (exact) mass is 411 g/mol. The SMILES string of the molecule is C=C1COCCN1c1cc(C2CCCS2(=O)=O)nc(-c2ccnc3[nH]ccc23)n1. The number of fused-ring (bicyclic) bond motifs is 1. The summed E-state index contributed by atoms with van der Waals surface area (Å²) in [4.78, 5) is 18.9. The van der Waals surface area contributed by atoms with E-state index >= 15 is 0 Å². The fourth-order valence-corrected chi connectivity index (χ4v) is 5.88. The van der Waals surface area contributed by atoms with Gasteiger partial charge in [-0.2, -0.15) is 0 Å². The van der Waals surface area contributed by atoms with Crippen molar-refractivity contribution in [2.45, 2.75) is 18.1 Å². The Balaban J connectivity index is 1.70. The minimum absolute atomic E-state index is 0.202. The van der Waals surface area contributed by atoms with Gasteiger partial charge in [0.05, 0.1) is 24.7 Å². The van der Waals surface area contributed by atoms with E-state index in [1.165, 1.54) is 0 Å².